The number of nitrogens with one attached hydrogen (secondary N) is 1. The third kappa shape index (κ3) is 3.03. The molecule has 7 nitrogen and oxygen atoms in total. The fourth-order valence-corrected chi connectivity index (χ4v) is 2.40. The summed E-state index contributed by atoms with van der Waals surface area (Å²) >= 11 is 0. The molecule has 0 atom stereocenters. The first kappa shape index (κ1) is 14.2. The number of H-pyrrole nitrogens is 1. The lowest BCUT2D eigenvalue weighted by atomic mass is 10.1. The summed E-state index contributed by atoms with van der Waals surface area (Å²) in [7, 11) is -4.18. The van der Waals surface area contributed by atoms with Crippen molar-refractivity contribution >= 4 is 10.0 Å². The summed E-state index contributed by atoms with van der Waals surface area (Å²) in [5.74, 6) is 0. The van der Waals surface area contributed by atoms with Crippen LogP contribution in [0.5, 0.6) is 0 Å². The molecule has 0 aliphatic rings. The highest BCUT2D eigenvalue weighted by atomic mass is 32.2. The van der Waals surface area contributed by atoms with Crippen LogP contribution in [0.1, 0.15) is 11.1 Å². The van der Waals surface area contributed by atoms with Crippen LogP contribution in [0.25, 0.3) is 0 Å². The van der Waals surface area contributed by atoms with Crippen molar-refractivity contribution in [3.05, 3.63) is 62.4 Å². The van der Waals surface area contributed by atoms with E-state index in [2.05, 4.69) is 0 Å². The molecule has 0 spiro atoms. The van der Waals surface area contributed by atoms with Gasteiger partial charge in [-0.2, -0.15) is 0 Å². The van der Waals surface area contributed by atoms with Crippen molar-refractivity contribution in [1.29, 1.82) is 0 Å². The van der Waals surface area contributed by atoms with Gasteiger partial charge in [0, 0.05) is 6.20 Å². The van der Waals surface area contributed by atoms with Gasteiger partial charge in [0.15, 0.2) is 4.90 Å². The summed E-state index contributed by atoms with van der Waals surface area (Å²) in [6.07, 6.45) is 0.957. The summed E-state index contributed by atoms with van der Waals surface area (Å²) in [6.45, 7) is 2.04. The van der Waals surface area contributed by atoms with E-state index < -0.39 is 26.2 Å². The Morgan fingerprint density at radius 1 is 1.30 bits per heavy atom. The third-order valence-electron chi connectivity index (χ3n) is 2.72. The molecule has 20 heavy (non-hydrogen) atoms. The molecule has 0 radical (unpaired) electrons. The van der Waals surface area contributed by atoms with E-state index >= 15 is 0 Å². The second-order valence-electron chi connectivity index (χ2n) is 4.41. The van der Waals surface area contributed by atoms with E-state index in [4.69, 9.17) is 5.14 Å². The Labute approximate surface area is 114 Å². The van der Waals surface area contributed by atoms with E-state index in [1.54, 1.807) is 6.07 Å². The van der Waals surface area contributed by atoms with Crippen molar-refractivity contribution in [2.75, 3.05) is 0 Å². The maximum absolute atomic E-state index is 11.7. The summed E-state index contributed by atoms with van der Waals surface area (Å²) in [5, 5.41) is 4.93. The highest BCUT2D eigenvalue weighted by molar-refractivity contribution is 7.89. The number of aromatic amines is 1. The second-order valence-corrected chi connectivity index (χ2v) is 5.94. The summed E-state index contributed by atoms with van der Waals surface area (Å²) in [5.41, 5.74) is 0.105. The van der Waals surface area contributed by atoms with Gasteiger partial charge < -0.3 is 0 Å². The molecule has 0 fully saturated rings. The van der Waals surface area contributed by atoms with Crippen molar-refractivity contribution in [2.45, 2.75) is 18.4 Å². The van der Waals surface area contributed by atoms with E-state index in [0.29, 0.717) is 0 Å². The van der Waals surface area contributed by atoms with E-state index in [0.717, 1.165) is 21.9 Å². The summed E-state index contributed by atoms with van der Waals surface area (Å²) < 4.78 is 23.6. The van der Waals surface area contributed by atoms with Gasteiger partial charge in [-0.1, -0.05) is 29.8 Å². The Kier molecular flexibility index (Phi) is 3.60. The predicted octanol–water partition coefficient (Wildman–Crippen LogP) is -0.459. The lowest BCUT2D eigenvalue weighted by Crippen LogP contribution is -2.34. The van der Waals surface area contributed by atoms with Crippen LogP contribution in [0.2, 0.25) is 0 Å². The number of hydrogen-bond acceptors (Lipinski definition) is 4. The van der Waals surface area contributed by atoms with Gasteiger partial charge in [0.1, 0.15) is 0 Å². The number of rotatable bonds is 3. The van der Waals surface area contributed by atoms with Gasteiger partial charge in [-0.05, 0) is 12.5 Å². The number of nitrogens with zero attached hydrogens (tertiary/aromatic N) is 1. The highest BCUT2D eigenvalue weighted by Gasteiger charge is 2.15. The van der Waals surface area contributed by atoms with Crippen molar-refractivity contribution in [1.82, 2.24) is 9.55 Å². The molecule has 0 aliphatic carbocycles. The van der Waals surface area contributed by atoms with Crippen LogP contribution in [0.3, 0.4) is 0 Å². The van der Waals surface area contributed by atoms with Crippen LogP contribution >= 0.6 is 0 Å². The topological polar surface area (TPSA) is 115 Å². The zero-order valence-electron chi connectivity index (χ0n) is 10.7. The molecule has 0 saturated carbocycles. The minimum Gasteiger partial charge on any atom is -0.295 e. The van der Waals surface area contributed by atoms with Crippen molar-refractivity contribution < 1.29 is 8.42 Å². The Bertz CT molecular complexity index is 865. The Morgan fingerprint density at radius 3 is 2.60 bits per heavy atom. The minimum absolute atomic E-state index is 0.139. The largest absolute Gasteiger partial charge is 0.328 e. The van der Waals surface area contributed by atoms with Gasteiger partial charge in [0.05, 0.1) is 6.54 Å². The van der Waals surface area contributed by atoms with E-state index in [-0.39, 0.29) is 6.54 Å². The van der Waals surface area contributed by atoms with E-state index in [1.807, 2.05) is 30.1 Å². The van der Waals surface area contributed by atoms with Gasteiger partial charge in [-0.25, -0.2) is 18.4 Å². The van der Waals surface area contributed by atoms with Crippen LogP contribution in [0.4, 0.5) is 0 Å². The highest BCUT2D eigenvalue weighted by Crippen LogP contribution is 2.05. The van der Waals surface area contributed by atoms with Gasteiger partial charge in [-0.3, -0.25) is 14.3 Å². The van der Waals surface area contributed by atoms with E-state index in [1.165, 1.54) is 0 Å². The molecule has 1 aromatic carbocycles. The molecule has 0 aliphatic heterocycles. The Balaban J connectivity index is 2.53. The molecule has 0 unspecified atom stereocenters. The zero-order chi connectivity index (χ0) is 14.9. The second kappa shape index (κ2) is 5.06. The fourth-order valence-electron chi connectivity index (χ4n) is 1.82. The molecule has 3 N–H and O–H groups in total. The molecule has 2 aromatic rings. The van der Waals surface area contributed by atoms with Crippen LogP contribution < -0.4 is 16.4 Å². The predicted molar refractivity (Wildman–Crippen MR) is 73.0 cm³/mol. The first-order valence-electron chi connectivity index (χ1n) is 5.69. The molecule has 0 saturated heterocycles. The molecular formula is C12H13N3O4S. The number of sulfonamides is 1. The number of aromatic nitrogens is 2. The first-order valence-corrected chi connectivity index (χ1v) is 7.24. The standard InChI is InChI=1S/C12H13N3O4S/c1-8-3-2-4-9(5-8)6-15-7-10(20(13,18)19)11(16)14-12(15)17/h2-5,7H,6H2,1H3,(H2,13,18,19)(H,14,16,17). The van der Waals surface area contributed by atoms with Gasteiger partial charge in [0.25, 0.3) is 5.56 Å². The van der Waals surface area contributed by atoms with Crippen molar-refractivity contribution in [3.63, 3.8) is 0 Å². The number of aryl methyl sites for hydroxylation is 1. The summed E-state index contributed by atoms with van der Waals surface area (Å²) in [4.78, 5) is 24.4. The monoisotopic (exact) mass is 295 g/mol. The Morgan fingerprint density at radius 2 is 2.00 bits per heavy atom. The number of nitrogens with two attached hydrogens (primary N) is 1. The average molecular weight is 295 g/mol. The van der Waals surface area contributed by atoms with Crippen molar-refractivity contribution in [3.8, 4) is 0 Å². The average Bonchev–Trinajstić information content (AvgIpc) is 2.31. The lowest BCUT2D eigenvalue weighted by Gasteiger charge is -2.07. The molecule has 106 valence electrons. The smallest absolute Gasteiger partial charge is 0.295 e. The van der Waals surface area contributed by atoms with Gasteiger partial charge in [-0.15, -0.1) is 0 Å². The van der Waals surface area contributed by atoms with E-state index in [9.17, 15) is 18.0 Å². The quantitative estimate of drug-likeness (QED) is 0.797. The van der Waals surface area contributed by atoms with Gasteiger partial charge in [0.2, 0.25) is 10.0 Å². The zero-order valence-corrected chi connectivity index (χ0v) is 11.5. The van der Waals surface area contributed by atoms with Crippen LogP contribution in [-0.4, -0.2) is 18.0 Å². The van der Waals surface area contributed by atoms with Crippen LogP contribution in [-0.2, 0) is 16.6 Å². The van der Waals surface area contributed by atoms with Crippen LogP contribution in [0.15, 0.2) is 44.9 Å². The summed E-state index contributed by atoms with van der Waals surface area (Å²) in [6, 6.07) is 7.37. The molecule has 2 rings (SSSR count). The molecule has 1 aromatic heterocycles. The normalized spacial score (nSPS) is 11.5. The number of benzene rings is 1. The maximum atomic E-state index is 11.7. The van der Waals surface area contributed by atoms with Crippen LogP contribution in [0, 0.1) is 6.92 Å². The molecule has 1 heterocycles. The number of primary sulfonamides is 1. The molecule has 0 bridgehead atoms. The molecule has 8 heteroatoms. The third-order valence-corrected chi connectivity index (χ3v) is 3.62. The molecule has 0 amide bonds. The maximum Gasteiger partial charge on any atom is 0.328 e. The Hall–Kier alpha value is -2.19. The number of hydrogen-bond donors (Lipinski definition) is 2. The lowest BCUT2D eigenvalue weighted by molar-refractivity contribution is 0.591. The molecular weight excluding hydrogens is 282 g/mol. The minimum atomic E-state index is -4.18. The van der Waals surface area contributed by atoms with Crippen molar-refractivity contribution in [2.24, 2.45) is 5.14 Å². The first-order chi connectivity index (χ1) is 9.27. The SMILES string of the molecule is Cc1cccc(Cn2cc(S(N)(=O)=O)c(=O)[nH]c2=O)c1. The van der Waals surface area contributed by atoms with Gasteiger partial charge >= 0.3 is 5.69 Å². The fraction of sp³-hybridized carbons (Fsp3) is 0.167.